The minimum Gasteiger partial charge on any atom is -0.356 e. The zero-order valence-corrected chi connectivity index (χ0v) is 13.2. The zero-order valence-electron chi connectivity index (χ0n) is 13.2. The number of pyridine rings is 2. The van der Waals surface area contributed by atoms with Gasteiger partial charge in [0.1, 0.15) is 5.82 Å². The van der Waals surface area contributed by atoms with E-state index in [4.69, 9.17) is 0 Å². The van der Waals surface area contributed by atoms with E-state index in [1.165, 1.54) is 5.56 Å². The van der Waals surface area contributed by atoms with Crippen molar-refractivity contribution >= 4 is 17.4 Å². The molecule has 0 unspecified atom stereocenters. The molecule has 118 valence electrons. The van der Waals surface area contributed by atoms with Crippen LogP contribution in [0.15, 0.2) is 42.9 Å². The molecule has 1 fully saturated rings. The molecule has 0 spiro atoms. The third-order valence-electron chi connectivity index (χ3n) is 4.94. The lowest BCUT2D eigenvalue weighted by molar-refractivity contribution is -0.122. The Morgan fingerprint density at radius 2 is 2.13 bits per heavy atom. The van der Waals surface area contributed by atoms with Crippen molar-refractivity contribution in [3.63, 3.8) is 0 Å². The van der Waals surface area contributed by atoms with Gasteiger partial charge in [-0.05, 0) is 36.1 Å². The maximum absolute atomic E-state index is 13.1. The number of nitrogens with zero attached hydrogens (tertiary/aromatic N) is 4. The van der Waals surface area contributed by atoms with E-state index in [0.717, 1.165) is 37.6 Å². The molecule has 1 amide bonds. The molecular weight excluding hydrogens is 288 g/mol. The van der Waals surface area contributed by atoms with Crippen LogP contribution in [-0.2, 0) is 11.2 Å². The molecule has 5 nitrogen and oxygen atoms in total. The minimum atomic E-state index is 0.0242. The van der Waals surface area contributed by atoms with E-state index < -0.39 is 0 Å². The average molecular weight is 308 g/mol. The number of anilines is 2. The molecule has 2 aromatic heterocycles. The van der Waals surface area contributed by atoms with Crippen molar-refractivity contribution in [2.45, 2.75) is 13.3 Å². The summed E-state index contributed by atoms with van der Waals surface area (Å²) in [6.45, 7) is 4.56. The number of rotatable bonds is 2. The van der Waals surface area contributed by atoms with Gasteiger partial charge >= 0.3 is 0 Å². The van der Waals surface area contributed by atoms with Crippen LogP contribution in [0.1, 0.15) is 12.5 Å². The fourth-order valence-electron chi connectivity index (χ4n) is 3.67. The van der Waals surface area contributed by atoms with Crippen molar-refractivity contribution < 1.29 is 4.79 Å². The number of fused-ring (bicyclic) bond motifs is 1. The van der Waals surface area contributed by atoms with Gasteiger partial charge in [-0.2, -0.15) is 0 Å². The number of carbonyl (C=O) groups excluding carboxylic acids is 1. The molecule has 0 N–H and O–H groups in total. The van der Waals surface area contributed by atoms with Crippen molar-refractivity contribution in [2.75, 3.05) is 29.4 Å². The van der Waals surface area contributed by atoms with Crippen molar-refractivity contribution in [3.8, 4) is 0 Å². The highest BCUT2D eigenvalue weighted by atomic mass is 16.2. The summed E-state index contributed by atoms with van der Waals surface area (Å²) >= 11 is 0. The molecule has 0 saturated carbocycles. The first-order valence-electron chi connectivity index (χ1n) is 8.14. The second-order valence-electron chi connectivity index (χ2n) is 6.42. The molecule has 0 radical (unpaired) electrons. The summed E-state index contributed by atoms with van der Waals surface area (Å²) < 4.78 is 0. The second kappa shape index (κ2) is 5.65. The molecule has 1 saturated heterocycles. The summed E-state index contributed by atoms with van der Waals surface area (Å²) in [4.78, 5) is 25.8. The zero-order chi connectivity index (χ0) is 15.8. The molecule has 2 aliphatic heterocycles. The summed E-state index contributed by atoms with van der Waals surface area (Å²) in [5, 5.41) is 0. The summed E-state index contributed by atoms with van der Waals surface area (Å²) in [5.74, 6) is 1.55. The largest absolute Gasteiger partial charge is 0.356 e. The third-order valence-corrected chi connectivity index (χ3v) is 4.94. The molecule has 23 heavy (non-hydrogen) atoms. The minimum absolute atomic E-state index is 0.0242. The van der Waals surface area contributed by atoms with Crippen LogP contribution in [0.25, 0.3) is 0 Å². The number of aromatic nitrogens is 2. The lowest BCUT2D eigenvalue weighted by Gasteiger charge is -2.23. The van der Waals surface area contributed by atoms with Gasteiger partial charge in [0, 0.05) is 43.9 Å². The molecule has 4 heterocycles. The highest BCUT2D eigenvalue weighted by Crippen LogP contribution is 2.33. The molecule has 0 bridgehead atoms. The van der Waals surface area contributed by atoms with Gasteiger partial charge in [-0.3, -0.25) is 9.78 Å². The Hall–Kier alpha value is -2.43. The number of hydrogen-bond acceptors (Lipinski definition) is 4. The molecule has 2 aliphatic rings. The fourth-order valence-corrected chi connectivity index (χ4v) is 3.67. The van der Waals surface area contributed by atoms with E-state index in [0.29, 0.717) is 5.92 Å². The SMILES string of the molecule is C[C@@H]1CN(c2ccccn2)C[C@H]1C(=O)N1CCc2cnccc21. The van der Waals surface area contributed by atoms with Gasteiger partial charge in [0.25, 0.3) is 0 Å². The Bertz CT molecular complexity index is 718. The predicted octanol–water partition coefficient (Wildman–Crippen LogP) is 2.14. The lowest BCUT2D eigenvalue weighted by Crippen LogP contribution is -2.38. The summed E-state index contributed by atoms with van der Waals surface area (Å²) in [6.07, 6.45) is 6.35. The van der Waals surface area contributed by atoms with Crippen LogP contribution in [0.2, 0.25) is 0 Å². The third kappa shape index (κ3) is 2.46. The fraction of sp³-hybridized carbons (Fsp3) is 0.389. The van der Waals surface area contributed by atoms with Crippen LogP contribution in [0.3, 0.4) is 0 Å². The van der Waals surface area contributed by atoms with Gasteiger partial charge in [-0.15, -0.1) is 0 Å². The topological polar surface area (TPSA) is 49.3 Å². The highest BCUT2D eigenvalue weighted by molar-refractivity contribution is 5.97. The van der Waals surface area contributed by atoms with E-state index in [1.54, 1.807) is 12.4 Å². The van der Waals surface area contributed by atoms with Crippen molar-refractivity contribution in [1.29, 1.82) is 0 Å². The van der Waals surface area contributed by atoms with E-state index in [2.05, 4.69) is 21.8 Å². The van der Waals surface area contributed by atoms with Crippen LogP contribution in [0.5, 0.6) is 0 Å². The predicted molar refractivity (Wildman–Crippen MR) is 89.4 cm³/mol. The number of carbonyl (C=O) groups is 1. The average Bonchev–Trinajstić information content (AvgIpc) is 3.19. The van der Waals surface area contributed by atoms with Crippen molar-refractivity contribution in [3.05, 3.63) is 48.4 Å². The molecule has 0 aromatic carbocycles. The quantitative estimate of drug-likeness (QED) is 0.853. The van der Waals surface area contributed by atoms with Gasteiger partial charge < -0.3 is 9.80 Å². The number of hydrogen-bond donors (Lipinski definition) is 0. The molecule has 2 aromatic rings. The first-order chi connectivity index (χ1) is 11.2. The normalized spacial score (nSPS) is 23.2. The second-order valence-corrected chi connectivity index (χ2v) is 6.42. The maximum Gasteiger partial charge on any atom is 0.232 e. The van der Waals surface area contributed by atoms with Crippen LogP contribution in [0, 0.1) is 11.8 Å². The monoisotopic (exact) mass is 308 g/mol. The number of amides is 1. The van der Waals surface area contributed by atoms with Crippen molar-refractivity contribution in [1.82, 2.24) is 9.97 Å². The Labute approximate surface area is 136 Å². The standard InChI is InChI=1S/C18H20N4O/c1-13-11-21(17-4-2-3-7-20-17)12-15(13)18(23)22-9-6-14-10-19-8-5-16(14)22/h2-5,7-8,10,13,15H,6,9,11-12H2,1H3/t13-,15-/m1/s1. The molecule has 0 aliphatic carbocycles. The van der Waals surface area contributed by atoms with Crippen LogP contribution in [-0.4, -0.2) is 35.5 Å². The van der Waals surface area contributed by atoms with Gasteiger partial charge in [-0.25, -0.2) is 4.98 Å². The van der Waals surface area contributed by atoms with E-state index in [-0.39, 0.29) is 11.8 Å². The van der Waals surface area contributed by atoms with E-state index >= 15 is 0 Å². The Morgan fingerprint density at radius 1 is 1.22 bits per heavy atom. The Balaban J connectivity index is 1.54. The molecular formula is C18H20N4O. The van der Waals surface area contributed by atoms with Gasteiger partial charge in [0.2, 0.25) is 5.91 Å². The molecule has 5 heteroatoms. The van der Waals surface area contributed by atoms with Gasteiger partial charge in [0.15, 0.2) is 0 Å². The Kier molecular flexibility index (Phi) is 3.48. The van der Waals surface area contributed by atoms with Crippen LogP contribution < -0.4 is 9.80 Å². The lowest BCUT2D eigenvalue weighted by atomic mass is 9.96. The van der Waals surface area contributed by atoms with Gasteiger partial charge in [-0.1, -0.05) is 13.0 Å². The molecule has 2 atom stereocenters. The molecule has 4 rings (SSSR count). The van der Waals surface area contributed by atoms with Crippen LogP contribution >= 0.6 is 0 Å². The van der Waals surface area contributed by atoms with Gasteiger partial charge in [0.05, 0.1) is 5.92 Å². The van der Waals surface area contributed by atoms with Crippen LogP contribution in [0.4, 0.5) is 11.5 Å². The first-order valence-corrected chi connectivity index (χ1v) is 8.14. The smallest absolute Gasteiger partial charge is 0.232 e. The first kappa shape index (κ1) is 14.2. The van der Waals surface area contributed by atoms with Crippen molar-refractivity contribution in [2.24, 2.45) is 11.8 Å². The summed E-state index contributed by atoms with van der Waals surface area (Å²) in [5.41, 5.74) is 2.21. The van der Waals surface area contributed by atoms with E-state index in [9.17, 15) is 4.79 Å². The maximum atomic E-state index is 13.1. The highest BCUT2D eigenvalue weighted by Gasteiger charge is 2.39. The summed E-state index contributed by atoms with van der Waals surface area (Å²) in [7, 11) is 0. The Morgan fingerprint density at radius 3 is 2.96 bits per heavy atom. The summed E-state index contributed by atoms with van der Waals surface area (Å²) in [6, 6.07) is 7.87. The van der Waals surface area contributed by atoms with E-state index in [1.807, 2.05) is 35.4 Å².